The van der Waals surface area contributed by atoms with Crippen molar-refractivity contribution in [3.63, 3.8) is 0 Å². The fourth-order valence-corrected chi connectivity index (χ4v) is 4.80. The molecule has 4 rings (SSSR count). The van der Waals surface area contributed by atoms with Crippen LogP contribution in [-0.2, 0) is 4.79 Å². The summed E-state index contributed by atoms with van der Waals surface area (Å²) in [6.45, 7) is 1.72. The Morgan fingerprint density at radius 1 is 1.07 bits per heavy atom. The number of anilines is 2. The smallest absolute Gasteiger partial charge is 0.265 e. The van der Waals surface area contributed by atoms with Crippen molar-refractivity contribution in [3.8, 4) is 0 Å². The van der Waals surface area contributed by atoms with Gasteiger partial charge >= 0.3 is 0 Å². The zero-order chi connectivity index (χ0) is 18.0. The molecule has 0 radical (unpaired) electrons. The molecule has 2 atom stereocenters. The average Bonchev–Trinajstić information content (AvgIpc) is 3.33. The minimum Gasteiger partial charge on any atom is -0.326 e. The maximum Gasteiger partial charge on any atom is 0.265 e. The molecule has 2 fully saturated rings. The molecule has 27 heavy (non-hydrogen) atoms. The predicted octanol–water partition coefficient (Wildman–Crippen LogP) is 4.14. The molecule has 1 aliphatic heterocycles. The molecule has 2 heterocycles. The third-order valence-electron chi connectivity index (χ3n) is 5.64. The number of nitrogens with one attached hydrogen (secondary N) is 3. The molecule has 0 bridgehead atoms. The van der Waals surface area contributed by atoms with Crippen molar-refractivity contribution in [2.24, 2.45) is 11.3 Å². The molecule has 3 N–H and O–H groups in total. The van der Waals surface area contributed by atoms with Crippen molar-refractivity contribution in [3.05, 3.63) is 46.7 Å². The quantitative estimate of drug-likeness (QED) is 0.715. The highest BCUT2D eigenvalue weighted by Crippen LogP contribution is 2.44. The molecule has 7 heteroatoms. The van der Waals surface area contributed by atoms with Gasteiger partial charge in [-0.2, -0.15) is 0 Å². The lowest BCUT2D eigenvalue weighted by atomic mass is 9.67. The van der Waals surface area contributed by atoms with Crippen LogP contribution in [-0.4, -0.2) is 24.9 Å². The summed E-state index contributed by atoms with van der Waals surface area (Å²) in [6.07, 6.45) is 4.44. The number of fused-ring (bicyclic) bond motifs is 1. The molecule has 0 unspecified atom stereocenters. The zero-order valence-corrected chi connectivity index (χ0v) is 16.6. The molecule has 1 saturated heterocycles. The highest BCUT2D eigenvalue weighted by molar-refractivity contribution is 7.12. The second kappa shape index (κ2) is 8.42. The maximum atomic E-state index is 13.0. The number of rotatable bonds is 4. The van der Waals surface area contributed by atoms with Gasteiger partial charge in [0.1, 0.15) is 0 Å². The van der Waals surface area contributed by atoms with Crippen LogP contribution < -0.4 is 16.0 Å². The lowest BCUT2D eigenvalue weighted by molar-refractivity contribution is -0.128. The third-order valence-corrected chi connectivity index (χ3v) is 6.50. The monoisotopic (exact) mass is 405 g/mol. The van der Waals surface area contributed by atoms with Crippen LogP contribution in [0.25, 0.3) is 0 Å². The fourth-order valence-electron chi connectivity index (χ4n) is 4.18. The number of carbonyl (C=O) groups is 2. The van der Waals surface area contributed by atoms with Crippen LogP contribution in [0.5, 0.6) is 0 Å². The van der Waals surface area contributed by atoms with Crippen molar-refractivity contribution >= 4 is 46.9 Å². The Labute approximate surface area is 169 Å². The lowest BCUT2D eigenvalue weighted by Crippen LogP contribution is -2.44. The highest BCUT2D eigenvalue weighted by atomic mass is 35.5. The number of halogens is 1. The lowest BCUT2D eigenvalue weighted by Gasteiger charge is -2.37. The first-order valence-electron chi connectivity index (χ1n) is 9.14. The first kappa shape index (κ1) is 19.9. The summed E-state index contributed by atoms with van der Waals surface area (Å²) in [5.74, 6) is 0.459. The molecule has 0 spiro atoms. The second-order valence-corrected chi connectivity index (χ2v) is 8.14. The summed E-state index contributed by atoms with van der Waals surface area (Å²) in [5.41, 5.74) is 1.23. The Bertz CT molecular complexity index is 794. The van der Waals surface area contributed by atoms with Crippen molar-refractivity contribution in [1.29, 1.82) is 0 Å². The van der Waals surface area contributed by atoms with Crippen LogP contribution in [0, 0.1) is 11.3 Å². The topological polar surface area (TPSA) is 70.2 Å². The summed E-state index contributed by atoms with van der Waals surface area (Å²) in [5, 5.41) is 11.3. The molecule has 2 aliphatic rings. The average molecular weight is 406 g/mol. The van der Waals surface area contributed by atoms with Gasteiger partial charge in [0, 0.05) is 17.9 Å². The Morgan fingerprint density at radius 2 is 1.81 bits per heavy atom. The van der Waals surface area contributed by atoms with Crippen molar-refractivity contribution < 1.29 is 9.59 Å². The molecule has 1 aromatic carbocycles. The number of carbonyl (C=O) groups excluding carboxylic acids is 2. The van der Waals surface area contributed by atoms with E-state index in [0.717, 1.165) is 43.7 Å². The van der Waals surface area contributed by atoms with Gasteiger partial charge in [-0.3, -0.25) is 9.59 Å². The van der Waals surface area contributed by atoms with Crippen LogP contribution >= 0.6 is 23.7 Å². The van der Waals surface area contributed by atoms with Crippen LogP contribution in [0.3, 0.4) is 0 Å². The van der Waals surface area contributed by atoms with E-state index in [1.165, 1.54) is 17.8 Å². The van der Waals surface area contributed by atoms with Crippen molar-refractivity contribution in [2.45, 2.75) is 25.7 Å². The van der Waals surface area contributed by atoms with Crippen LogP contribution in [0.2, 0.25) is 0 Å². The Morgan fingerprint density at radius 3 is 2.52 bits per heavy atom. The molecule has 1 aliphatic carbocycles. The number of amides is 2. The van der Waals surface area contributed by atoms with E-state index in [1.54, 1.807) is 6.07 Å². The van der Waals surface area contributed by atoms with Gasteiger partial charge in [0.25, 0.3) is 5.91 Å². The van der Waals surface area contributed by atoms with Crippen LogP contribution in [0.4, 0.5) is 11.4 Å². The second-order valence-electron chi connectivity index (χ2n) is 7.19. The zero-order valence-electron chi connectivity index (χ0n) is 15.0. The van der Waals surface area contributed by atoms with Gasteiger partial charge in [-0.1, -0.05) is 18.9 Å². The molecular formula is C20H24ClN3O2S. The fraction of sp³-hybridized carbons (Fsp3) is 0.400. The van der Waals surface area contributed by atoms with Gasteiger partial charge in [-0.25, -0.2) is 0 Å². The van der Waals surface area contributed by atoms with Crippen LogP contribution in [0.1, 0.15) is 35.4 Å². The largest absolute Gasteiger partial charge is 0.326 e. The van der Waals surface area contributed by atoms with Crippen molar-refractivity contribution in [1.82, 2.24) is 5.32 Å². The number of benzene rings is 1. The standard InChI is InChI=1S/C20H23N3O2S.ClH/c24-18(17-5-3-11-26-17)22-15-6-8-16(9-7-15)23-19(25)20-10-2-1-4-14(20)12-21-13-20;/h3,5-9,11,14,21H,1-2,4,10,12-13H2,(H,22,24)(H,23,25);1H/t14-,20+;/m0./s1. The van der Waals surface area contributed by atoms with E-state index in [-0.39, 0.29) is 29.6 Å². The Hall–Kier alpha value is -1.89. The van der Waals surface area contributed by atoms with Gasteiger partial charge < -0.3 is 16.0 Å². The van der Waals surface area contributed by atoms with Gasteiger partial charge in [-0.05, 0) is 61.0 Å². The van der Waals surface area contributed by atoms with E-state index in [9.17, 15) is 9.59 Å². The summed E-state index contributed by atoms with van der Waals surface area (Å²) in [6, 6.07) is 11.0. The normalized spacial score (nSPS) is 23.8. The van der Waals surface area contributed by atoms with E-state index in [0.29, 0.717) is 10.8 Å². The Balaban J connectivity index is 0.00000210. The first-order chi connectivity index (χ1) is 12.7. The number of hydrogen-bond acceptors (Lipinski definition) is 4. The summed E-state index contributed by atoms with van der Waals surface area (Å²) in [7, 11) is 0. The summed E-state index contributed by atoms with van der Waals surface area (Å²) in [4.78, 5) is 25.7. The minimum absolute atomic E-state index is 0. The maximum absolute atomic E-state index is 13.0. The summed E-state index contributed by atoms with van der Waals surface area (Å²) >= 11 is 1.41. The van der Waals surface area contributed by atoms with Gasteiger partial charge in [0.2, 0.25) is 5.91 Å². The molecule has 1 aromatic heterocycles. The van der Waals surface area contributed by atoms with Gasteiger partial charge in [-0.15, -0.1) is 23.7 Å². The van der Waals surface area contributed by atoms with E-state index in [4.69, 9.17) is 0 Å². The van der Waals surface area contributed by atoms with E-state index in [1.807, 2.05) is 35.7 Å². The molecule has 144 valence electrons. The van der Waals surface area contributed by atoms with Crippen LogP contribution in [0.15, 0.2) is 41.8 Å². The third kappa shape index (κ3) is 4.03. The SMILES string of the molecule is Cl.O=C(Nc1ccc(NC(=O)[C@@]23CCCC[C@H]2CNC3)cc1)c1cccs1. The number of hydrogen-bond donors (Lipinski definition) is 3. The van der Waals surface area contributed by atoms with E-state index in [2.05, 4.69) is 16.0 Å². The molecule has 2 amide bonds. The van der Waals surface area contributed by atoms with E-state index < -0.39 is 0 Å². The molecular weight excluding hydrogens is 382 g/mol. The molecule has 2 aromatic rings. The van der Waals surface area contributed by atoms with Gasteiger partial charge in [0.15, 0.2) is 0 Å². The molecule has 1 saturated carbocycles. The molecule has 5 nitrogen and oxygen atoms in total. The first-order valence-corrected chi connectivity index (χ1v) is 10.0. The number of thiophene rings is 1. The Kier molecular flexibility index (Phi) is 6.19. The van der Waals surface area contributed by atoms with E-state index >= 15 is 0 Å². The van der Waals surface area contributed by atoms with Crippen molar-refractivity contribution in [2.75, 3.05) is 23.7 Å². The summed E-state index contributed by atoms with van der Waals surface area (Å²) < 4.78 is 0. The minimum atomic E-state index is -0.260. The van der Waals surface area contributed by atoms with Gasteiger partial charge in [0.05, 0.1) is 10.3 Å². The highest BCUT2D eigenvalue weighted by Gasteiger charge is 2.49. The predicted molar refractivity (Wildman–Crippen MR) is 112 cm³/mol.